The lowest BCUT2D eigenvalue weighted by atomic mass is 10.4. The SMILES string of the molecule is NC1=NC(O)NC2=C1NC(Cl)N2. The Hall–Kier alpha value is -1.14. The Morgan fingerprint density at radius 1 is 1.42 bits per heavy atom. The van der Waals surface area contributed by atoms with Gasteiger partial charge in [-0.15, -0.1) is 0 Å². The van der Waals surface area contributed by atoms with E-state index in [-0.39, 0.29) is 5.84 Å². The maximum Gasteiger partial charge on any atom is 0.226 e. The van der Waals surface area contributed by atoms with Gasteiger partial charge in [0.05, 0.1) is 0 Å². The molecule has 2 heterocycles. The second-order valence-electron chi connectivity index (χ2n) is 2.43. The fraction of sp³-hybridized carbons (Fsp3) is 0.400. The van der Waals surface area contributed by atoms with Crippen molar-refractivity contribution in [3.05, 3.63) is 11.5 Å². The van der Waals surface area contributed by atoms with Crippen molar-refractivity contribution in [3.63, 3.8) is 0 Å². The van der Waals surface area contributed by atoms with Gasteiger partial charge in [-0.2, -0.15) is 0 Å². The molecule has 2 rings (SSSR count). The Bertz CT molecular complexity index is 275. The van der Waals surface area contributed by atoms with E-state index in [4.69, 9.17) is 22.4 Å². The van der Waals surface area contributed by atoms with Crippen LogP contribution in [0.1, 0.15) is 0 Å². The summed E-state index contributed by atoms with van der Waals surface area (Å²) in [6, 6.07) is 0. The average molecular weight is 190 g/mol. The molecule has 2 aliphatic rings. The van der Waals surface area contributed by atoms with Gasteiger partial charge in [-0.1, -0.05) is 11.6 Å². The van der Waals surface area contributed by atoms with Crippen molar-refractivity contribution in [2.45, 2.75) is 12.0 Å². The van der Waals surface area contributed by atoms with Gasteiger partial charge in [-0.3, -0.25) is 0 Å². The van der Waals surface area contributed by atoms with Crippen molar-refractivity contribution in [2.24, 2.45) is 10.7 Å². The molecule has 0 fully saturated rings. The predicted octanol–water partition coefficient (Wildman–Crippen LogP) is -1.89. The molecule has 7 heteroatoms. The van der Waals surface area contributed by atoms with E-state index in [1.165, 1.54) is 0 Å². The summed E-state index contributed by atoms with van der Waals surface area (Å²) in [7, 11) is 0. The van der Waals surface area contributed by atoms with Crippen LogP contribution in [0.3, 0.4) is 0 Å². The first-order valence-corrected chi connectivity index (χ1v) is 3.80. The van der Waals surface area contributed by atoms with Crippen LogP contribution in [0.15, 0.2) is 16.5 Å². The highest BCUT2D eigenvalue weighted by molar-refractivity contribution is 6.21. The van der Waals surface area contributed by atoms with Gasteiger partial charge in [0.1, 0.15) is 11.5 Å². The number of hydrogen-bond donors (Lipinski definition) is 5. The highest BCUT2D eigenvalue weighted by Crippen LogP contribution is 2.12. The minimum Gasteiger partial charge on any atom is -0.382 e. The fourth-order valence-corrected chi connectivity index (χ4v) is 1.33. The number of rotatable bonds is 0. The molecule has 0 aromatic heterocycles. The lowest BCUT2D eigenvalue weighted by Crippen LogP contribution is -2.39. The second-order valence-corrected chi connectivity index (χ2v) is 2.87. The summed E-state index contributed by atoms with van der Waals surface area (Å²) in [5.74, 6) is 0.821. The maximum absolute atomic E-state index is 9.09. The zero-order valence-corrected chi connectivity index (χ0v) is 6.76. The quantitative estimate of drug-likeness (QED) is 0.227. The molecule has 6 nitrogen and oxygen atoms in total. The van der Waals surface area contributed by atoms with Crippen LogP contribution in [-0.4, -0.2) is 22.9 Å². The third-order valence-corrected chi connectivity index (χ3v) is 1.80. The second kappa shape index (κ2) is 2.43. The number of halogens is 1. The van der Waals surface area contributed by atoms with Crippen LogP contribution in [0.5, 0.6) is 0 Å². The van der Waals surface area contributed by atoms with Crippen molar-refractivity contribution in [3.8, 4) is 0 Å². The zero-order chi connectivity index (χ0) is 8.72. The largest absolute Gasteiger partial charge is 0.382 e. The van der Waals surface area contributed by atoms with E-state index in [9.17, 15) is 0 Å². The van der Waals surface area contributed by atoms with Crippen molar-refractivity contribution in [1.82, 2.24) is 16.0 Å². The molecular formula is C5H8ClN5O. The molecule has 12 heavy (non-hydrogen) atoms. The van der Waals surface area contributed by atoms with Gasteiger partial charge in [-0.25, -0.2) is 4.99 Å². The molecule has 2 aliphatic heterocycles. The Morgan fingerprint density at radius 3 is 2.92 bits per heavy atom. The molecule has 0 aromatic carbocycles. The zero-order valence-electron chi connectivity index (χ0n) is 6.00. The van der Waals surface area contributed by atoms with E-state index < -0.39 is 12.0 Å². The minimum absolute atomic E-state index is 0.243. The molecule has 0 saturated heterocycles. The lowest BCUT2D eigenvalue weighted by Gasteiger charge is -2.17. The smallest absolute Gasteiger partial charge is 0.226 e. The molecule has 0 amide bonds. The Morgan fingerprint density at radius 2 is 2.17 bits per heavy atom. The molecular weight excluding hydrogens is 182 g/mol. The first kappa shape index (κ1) is 7.51. The molecule has 0 bridgehead atoms. The number of nitrogens with one attached hydrogen (secondary N) is 3. The average Bonchev–Trinajstić information content (AvgIpc) is 2.29. The standard InChI is InChI=1S/C5H8ClN5O/c6-4-8-1-2(7)9-5(12)11-3(1)10-4/h4-5,8,10-12H,(H2,7,9). The fourth-order valence-electron chi connectivity index (χ4n) is 1.11. The van der Waals surface area contributed by atoms with Gasteiger partial charge in [0.25, 0.3) is 0 Å². The van der Waals surface area contributed by atoms with Crippen LogP contribution >= 0.6 is 11.6 Å². The van der Waals surface area contributed by atoms with Crippen LogP contribution in [0.4, 0.5) is 0 Å². The third-order valence-electron chi connectivity index (χ3n) is 1.58. The predicted molar refractivity (Wildman–Crippen MR) is 43.7 cm³/mol. The van der Waals surface area contributed by atoms with Crippen LogP contribution in [0.25, 0.3) is 0 Å². The van der Waals surface area contributed by atoms with Crippen molar-refractivity contribution >= 4 is 17.4 Å². The van der Waals surface area contributed by atoms with Gasteiger partial charge < -0.3 is 26.8 Å². The maximum atomic E-state index is 9.09. The number of amidine groups is 1. The first-order valence-electron chi connectivity index (χ1n) is 3.36. The topological polar surface area (TPSA) is 94.7 Å². The summed E-state index contributed by atoms with van der Waals surface area (Å²) in [6.07, 6.45) is -1.000. The number of nitrogens with zero attached hydrogens (tertiary/aromatic N) is 1. The van der Waals surface area contributed by atoms with E-state index >= 15 is 0 Å². The van der Waals surface area contributed by atoms with E-state index in [0.717, 1.165) is 0 Å². The molecule has 6 N–H and O–H groups in total. The highest BCUT2D eigenvalue weighted by Gasteiger charge is 2.27. The summed E-state index contributed by atoms with van der Waals surface area (Å²) < 4.78 is 0. The molecule has 66 valence electrons. The summed E-state index contributed by atoms with van der Waals surface area (Å²) in [5.41, 5.74) is 5.69. The third kappa shape index (κ3) is 1.05. The monoisotopic (exact) mass is 189 g/mol. The van der Waals surface area contributed by atoms with Crippen molar-refractivity contribution < 1.29 is 5.11 Å². The number of nitrogens with two attached hydrogens (primary N) is 1. The van der Waals surface area contributed by atoms with Gasteiger partial charge in [0, 0.05) is 0 Å². The van der Waals surface area contributed by atoms with Crippen LogP contribution in [0.2, 0.25) is 0 Å². The number of alkyl halides is 1. The van der Waals surface area contributed by atoms with Crippen LogP contribution in [-0.2, 0) is 0 Å². The molecule has 0 radical (unpaired) electrons. The van der Waals surface area contributed by atoms with Gasteiger partial charge in [-0.05, 0) is 0 Å². The molecule has 0 spiro atoms. The Kier molecular flexibility index (Phi) is 1.52. The highest BCUT2D eigenvalue weighted by atomic mass is 35.5. The normalized spacial score (nSPS) is 33.0. The van der Waals surface area contributed by atoms with Crippen molar-refractivity contribution in [1.29, 1.82) is 0 Å². The van der Waals surface area contributed by atoms with Crippen LogP contribution in [0, 0.1) is 0 Å². The van der Waals surface area contributed by atoms with E-state index in [0.29, 0.717) is 11.5 Å². The van der Waals surface area contributed by atoms with Crippen molar-refractivity contribution in [2.75, 3.05) is 0 Å². The summed E-state index contributed by atoms with van der Waals surface area (Å²) in [5, 5.41) is 17.4. The van der Waals surface area contributed by atoms with Gasteiger partial charge in [0.15, 0.2) is 11.5 Å². The summed E-state index contributed by atoms with van der Waals surface area (Å²) in [6.45, 7) is 0. The molecule has 0 aliphatic carbocycles. The van der Waals surface area contributed by atoms with Crippen LogP contribution < -0.4 is 21.7 Å². The number of aliphatic hydroxyl groups is 1. The van der Waals surface area contributed by atoms with E-state index in [1.807, 2.05) is 0 Å². The molecule has 2 unspecified atom stereocenters. The molecule has 2 atom stereocenters. The number of aliphatic imine (C=N–C) groups is 1. The van der Waals surface area contributed by atoms with E-state index in [1.54, 1.807) is 0 Å². The Labute approximate surface area is 73.5 Å². The minimum atomic E-state index is -1.000. The summed E-state index contributed by atoms with van der Waals surface area (Å²) >= 11 is 5.70. The number of aliphatic hydroxyl groups excluding tert-OH is 1. The summed E-state index contributed by atoms with van der Waals surface area (Å²) in [4.78, 5) is 3.68. The first-order chi connectivity index (χ1) is 5.66. The number of hydrogen-bond acceptors (Lipinski definition) is 6. The van der Waals surface area contributed by atoms with Gasteiger partial charge in [0.2, 0.25) is 6.35 Å². The molecule has 0 aromatic rings. The van der Waals surface area contributed by atoms with Gasteiger partial charge >= 0.3 is 0 Å². The van der Waals surface area contributed by atoms with E-state index in [2.05, 4.69) is 20.9 Å². The lowest BCUT2D eigenvalue weighted by molar-refractivity contribution is 0.154. The molecule has 0 saturated carbocycles. The Balaban J connectivity index is 2.27.